The summed E-state index contributed by atoms with van der Waals surface area (Å²) in [6, 6.07) is 10.2. The molecule has 2 aromatic carbocycles. The number of ether oxygens (including phenoxy) is 1. The largest absolute Gasteiger partial charge is 0.382 e. The third-order valence-corrected chi connectivity index (χ3v) is 10.3. The molecule has 2 heterocycles. The summed E-state index contributed by atoms with van der Waals surface area (Å²) >= 11 is 14.3. The highest BCUT2D eigenvalue weighted by Gasteiger charge is 2.56. The third kappa shape index (κ3) is 4.18. The molecule has 4 atom stereocenters. The Morgan fingerprint density at radius 1 is 1.15 bits per heavy atom. The second kappa shape index (κ2) is 9.53. The van der Waals surface area contributed by atoms with Gasteiger partial charge in [-0.2, -0.15) is 5.26 Å². The van der Waals surface area contributed by atoms with E-state index in [1.54, 1.807) is 24.3 Å². The van der Waals surface area contributed by atoms with Gasteiger partial charge in [0.05, 0.1) is 39.1 Å². The molecule has 0 saturated heterocycles. The summed E-state index contributed by atoms with van der Waals surface area (Å²) in [7, 11) is 0. The number of benzene rings is 2. The molecule has 3 saturated carbocycles. The van der Waals surface area contributed by atoms with Crippen LogP contribution in [0, 0.1) is 29.0 Å². The number of thiazole rings is 1. The van der Waals surface area contributed by atoms with E-state index in [-0.39, 0.29) is 29.0 Å². The Balaban J connectivity index is 1.14. The molecule has 0 amide bonds. The second-order valence-corrected chi connectivity index (χ2v) is 12.7. The van der Waals surface area contributed by atoms with Crippen LogP contribution in [-0.2, 0) is 16.9 Å². The fraction of sp³-hybridized carbons (Fsp3) is 0.414. The van der Waals surface area contributed by atoms with E-state index in [0.29, 0.717) is 56.4 Å². The number of hydrogen-bond donors (Lipinski definition) is 1. The lowest BCUT2D eigenvalue weighted by atomic mass is 9.73. The van der Waals surface area contributed by atoms with Crippen molar-refractivity contribution in [2.75, 3.05) is 0 Å². The van der Waals surface area contributed by atoms with E-state index in [1.807, 2.05) is 6.07 Å². The monoisotopic (exact) mass is 583 g/mol. The Morgan fingerprint density at radius 3 is 2.54 bits per heavy atom. The van der Waals surface area contributed by atoms with Crippen LogP contribution < -0.4 is 0 Å². The molecule has 0 spiro atoms. The maximum absolute atomic E-state index is 14.6. The smallest absolute Gasteiger partial charge is 0.151 e. The van der Waals surface area contributed by atoms with E-state index in [1.165, 1.54) is 17.4 Å². The number of aromatic nitrogens is 2. The molecule has 2 aromatic heterocycles. The minimum Gasteiger partial charge on any atom is -0.382 e. The first kappa shape index (κ1) is 25.4. The molecule has 1 N–H and O–H groups in total. The van der Waals surface area contributed by atoms with Gasteiger partial charge in [-0.3, -0.25) is 0 Å². The average Bonchev–Trinajstić information content (AvgIpc) is 3.49. The highest BCUT2D eigenvalue weighted by atomic mass is 35.5. The molecular weight excluding hydrogens is 560 g/mol. The van der Waals surface area contributed by atoms with Gasteiger partial charge in [0, 0.05) is 17.0 Å². The van der Waals surface area contributed by atoms with Gasteiger partial charge in [0.2, 0.25) is 0 Å². The second-order valence-electron chi connectivity index (χ2n) is 10.9. The molecule has 6 nitrogen and oxygen atoms in total. The molecular formula is C29H24Cl2FN3O3S. The van der Waals surface area contributed by atoms with E-state index in [2.05, 4.69) is 10.1 Å². The fourth-order valence-corrected chi connectivity index (χ4v) is 8.31. The van der Waals surface area contributed by atoms with Crippen molar-refractivity contribution in [2.24, 2.45) is 11.8 Å². The molecule has 4 aromatic rings. The molecule has 0 radical (unpaired) electrons. The molecule has 39 heavy (non-hydrogen) atoms. The third-order valence-electron chi connectivity index (χ3n) is 8.55. The Bertz CT molecular complexity index is 1610. The zero-order valence-electron chi connectivity index (χ0n) is 20.8. The van der Waals surface area contributed by atoms with Crippen molar-refractivity contribution in [1.82, 2.24) is 10.1 Å². The summed E-state index contributed by atoms with van der Waals surface area (Å²) in [6.45, 7) is 0.317. The van der Waals surface area contributed by atoms with Crippen molar-refractivity contribution in [3.63, 3.8) is 0 Å². The van der Waals surface area contributed by atoms with Gasteiger partial charge in [-0.1, -0.05) is 34.4 Å². The van der Waals surface area contributed by atoms with Crippen molar-refractivity contribution in [2.45, 2.75) is 62.8 Å². The van der Waals surface area contributed by atoms with Crippen molar-refractivity contribution in [3.05, 3.63) is 68.1 Å². The minimum atomic E-state index is -1.13. The lowest BCUT2D eigenvalue weighted by Crippen LogP contribution is -2.44. The van der Waals surface area contributed by atoms with Gasteiger partial charge in [0.25, 0.3) is 0 Å². The summed E-state index contributed by atoms with van der Waals surface area (Å²) < 4.78 is 27.5. The first-order valence-electron chi connectivity index (χ1n) is 13.1. The number of fused-ring (bicyclic) bond motifs is 3. The lowest BCUT2D eigenvalue weighted by molar-refractivity contribution is -0.116. The lowest BCUT2D eigenvalue weighted by Gasteiger charge is -2.41. The molecule has 200 valence electrons. The summed E-state index contributed by atoms with van der Waals surface area (Å²) in [5.41, 5.74) is 1.49. The Morgan fingerprint density at radius 2 is 1.87 bits per heavy atom. The zero-order chi connectivity index (χ0) is 26.9. The maximum atomic E-state index is 14.6. The highest BCUT2D eigenvalue weighted by Crippen LogP contribution is 2.57. The van der Waals surface area contributed by atoms with Crippen LogP contribution >= 0.6 is 34.5 Å². The molecule has 3 aliphatic carbocycles. The molecule has 7 rings (SSSR count). The van der Waals surface area contributed by atoms with Gasteiger partial charge >= 0.3 is 0 Å². The van der Waals surface area contributed by atoms with Crippen LogP contribution in [0.25, 0.3) is 21.5 Å². The van der Waals surface area contributed by atoms with Crippen LogP contribution in [-0.4, -0.2) is 21.4 Å². The standard InChI is InChI=1S/C29H24Cl2FN3O3S/c30-20-2-1-3-21(31)24(20)25-19(27(38-35-25)15-4-5-15)13-37-18-10-16-6-7-17(11-18)29(16,36)28-34-26-22(32)8-14(12-33)9-23(26)39-28/h1-3,8-9,15-18,36H,4-7,10-11,13H2/t16-,17?,18-,29+/m0/s1. The summed E-state index contributed by atoms with van der Waals surface area (Å²) in [6.07, 6.45) is 5.08. The molecule has 2 bridgehead atoms. The van der Waals surface area contributed by atoms with Crippen molar-refractivity contribution in [3.8, 4) is 17.3 Å². The summed E-state index contributed by atoms with van der Waals surface area (Å²) in [5, 5.41) is 27.1. The Labute approximate surface area is 238 Å². The van der Waals surface area contributed by atoms with E-state index >= 15 is 0 Å². The van der Waals surface area contributed by atoms with Gasteiger partial charge in [0.15, 0.2) is 5.82 Å². The Hall–Kier alpha value is -2.54. The number of rotatable bonds is 6. The van der Waals surface area contributed by atoms with Crippen molar-refractivity contribution < 1.29 is 18.8 Å². The average molecular weight is 585 g/mol. The van der Waals surface area contributed by atoms with Gasteiger partial charge < -0.3 is 14.4 Å². The molecule has 3 fully saturated rings. The van der Waals surface area contributed by atoms with Crippen LogP contribution in [0.2, 0.25) is 10.0 Å². The van der Waals surface area contributed by atoms with E-state index in [0.717, 1.165) is 37.0 Å². The van der Waals surface area contributed by atoms with Gasteiger partial charge in [-0.15, -0.1) is 11.3 Å². The Kier molecular flexibility index (Phi) is 6.22. The molecule has 3 aliphatic rings. The number of nitriles is 1. The van der Waals surface area contributed by atoms with E-state index in [9.17, 15) is 14.8 Å². The van der Waals surface area contributed by atoms with Gasteiger partial charge in [-0.05, 0) is 74.6 Å². The van der Waals surface area contributed by atoms with Crippen molar-refractivity contribution in [1.29, 1.82) is 5.26 Å². The number of aliphatic hydroxyl groups is 1. The van der Waals surface area contributed by atoms with E-state index in [4.69, 9.17) is 32.5 Å². The predicted octanol–water partition coefficient (Wildman–Crippen LogP) is 7.74. The maximum Gasteiger partial charge on any atom is 0.151 e. The fourth-order valence-electron chi connectivity index (χ4n) is 6.46. The van der Waals surface area contributed by atoms with E-state index < -0.39 is 11.4 Å². The van der Waals surface area contributed by atoms with Gasteiger partial charge in [0.1, 0.15) is 27.6 Å². The first-order valence-corrected chi connectivity index (χ1v) is 14.7. The summed E-state index contributed by atoms with van der Waals surface area (Å²) in [4.78, 5) is 4.53. The van der Waals surface area contributed by atoms with Crippen LogP contribution in [0.15, 0.2) is 34.9 Å². The molecule has 0 aliphatic heterocycles. The molecule has 1 unspecified atom stereocenters. The quantitative estimate of drug-likeness (QED) is 0.249. The highest BCUT2D eigenvalue weighted by molar-refractivity contribution is 7.18. The number of hydrogen-bond acceptors (Lipinski definition) is 7. The minimum absolute atomic E-state index is 0.0526. The SMILES string of the molecule is N#Cc1cc(F)c2nc([C@]3(O)C4CC[C@H]3C[C@H](OCc3c(-c5c(Cl)cccc5Cl)noc3C3CC3)C4)sc2c1. The molecule has 10 heteroatoms. The van der Waals surface area contributed by atoms with Crippen molar-refractivity contribution >= 4 is 44.8 Å². The topological polar surface area (TPSA) is 92.2 Å². The van der Waals surface area contributed by atoms with Crippen LogP contribution in [0.1, 0.15) is 66.3 Å². The van der Waals surface area contributed by atoms with Crippen LogP contribution in [0.5, 0.6) is 0 Å². The van der Waals surface area contributed by atoms with Crippen LogP contribution in [0.4, 0.5) is 4.39 Å². The first-order chi connectivity index (χ1) is 18.9. The number of halogens is 3. The summed E-state index contributed by atoms with van der Waals surface area (Å²) in [5.74, 6) is 0.532. The zero-order valence-corrected chi connectivity index (χ0v) is 23.1. The normalized spacial score (nSPS) is 26.3. The predicted molar refractivity (Wildman–Crippen MR) is 146 cm³/mol. The van der Waals surface area contributed by atoms with Gasteiger partial charge in [-0.25, -0.2) is 9.37 Å². The number of nitrogens with zero attached hydrogens (tertiary/aromatic N) is 3. The van der Waals surface area contributed by atoms with Crippen LogP contribution in [0.3, 0.4) is 0 Å².